The molecule has 1 unspecified atom stereocenters. The molecule has 1 aromatic carbocycles. The molecule has 0 radical (unpaired) electrons. The Morgan fingerprint density at radius 1 is 1.24 bits per heavy atom. The van der Waals surface area contributed by atoms with Crippen LogP contribution in [-0.4, -0.2) is 36.4 Å². The summed E-state index contributed by atoms with van der Waals surface area (Å²) in [6, 6.07) is 4.23. The largest absolute Gasteiger partial charge is 0.493 e. The zero-order chi connectivity index (χ0) is 18.6. The summed E-state index contributed by atoms with van der Waals surface area (Å²) >= 11 is 0. The number of aliphatic carboxylic acids is 1. The summed E-state index contributed by atoms with van der Waals surface area (Å²) in [6.07, 6.45) is -0.287. The maximum absolute atomic E-state index is 12.5. The molecule has 0 aliphatic heterocycles. The number of carboxylic acid groups (broad SMARTS) is 1. The zero-order valence-electron chi connectivity index (χ0n) is 14.5. The van der Waals surface area contributed by atoms with E-state index in [1.54, 1.807) is 32.0 Å². The van der Waals surface area contributed by atoms with Gasteiger partial charge in [-0.15, -0.1) is 0 Å². The summed E-state index contributed by atoms with van der Waals surface area (Å²) in [6.45, 7) is 3.27. The van der Waals surface area contributed by atoms with Gasteiger partial charge in [-0.1, -0.05) is 11.2 Å². The van der Waals surface area contributed by atoms with E-state index in [2.05, 4.69) is 10.5 Å². The van der Waals surface area contributed by atoms with Crippen LogP contribution in [0.5, 0.6) is 11.5 Å². The van der Waals surface area contributed by atoms with E-state index in [0.29, 0.717) is 34.1 Å². The van der Waals surface area contributed by atoms with E-state index < -0.39 is 17.9 Å². The number of carboxylic acids is 1. The van der Waals surface area contributed by atoms with Crippen LogP contribution in [0.15, 0.2) is 22.7 Å². The molecule has 0 aliphatic rings. The number of amides is 1. The van der Waals surface area contributed by atoms with Crippen molar-refractivity contribution in [3.05, 3.63) is 40.8 Å². The minimum absolute atomic E-state index is 0.287. The van der Waals surface area contributed by atoms with Crippen LogP contribution < -0.4 is 14.8 Å². The summed E-state index contributed by atoms with van der Waals surface area (Å²) in [7, 11) is 2.99. The standard InChI is InChI=1S/C17H20N2O6/c1-9-16(10(2)25-19-9)17(22)18-12(8-15(20)21)11-5-6-13(23-3)14(7-11)24-4/h5-7,12H,8H2,1-4H3,(H,18,22)(H,20,21). The number of nitrogens with one attached hydrogen (secondary N) is 1. The third-order valence-corrected chi connectivity index (χ3v) is 3.75. The van der Waals surface area contributed by atoms with E-state index in [-0.39, 0.29) is 6.42 Å². The predicted octanol–water partition coefficient (Wildman–Crippen LogP) is 2.25. The van der Waals surface area contributed by atoms with Gasteiger partial charge in [-0.25, -0.2) is 0 Å². The van der Waals surface area contributed by atoms with Gasteiger partial charge in [0.1, 0.15) is 11.3 Å². The van der Waals surface area contributed by atoms with E-state index >= 15 is 0 Å². The van der Waals surface area contributed by atoms with Crippen LogP contribution >= 0.6 is 0 Å². The van der Waals surface area contributed by atoms with Crippen molar-refractivity contribution in [1.82, 2.24) is 10.5 Å². The van der Waals surface area contributed by atoms with Crippen molar-refractivity contribution < 1.29 is 28.7 Å². The number of ether oxygens (including phenoxy) is 2. The summed E-state index contributed by atoms with van der Waals surface area (Å²) < 4.78 is 15.4. The average Bonchev–Trinajstić information content (AvgIpc) is 2.91. The Balaban J connectivity index is 2.33. The Morgan fingerprint density at radius 3 is 2.44 bits per heavy atom. The number of aromatic nitrogens is 1. The second kappa shape index (κ2) is 7.69. The first-order valence-electron chi connectivity index (χ1n) is 7.54. The number of hydrogen-bond acceptors (Lipinski definition) is 6. The molecule has 8 heteroatoms. The smallest absolute Gasteiger partial charge is 0.305 e. The van der Waals surface area contributed by atoms with E-state index in [1.165, 1.54) is 14.2 Å². The number of rotatable bonds is 7. The Bertz CT molecular complexity index is 764. The van der Waals surface area contributed by atoms with Crippen LogP contribution in [0.1, 0.15) is 39.8 Å². The van der Waals surface area contributed by atoms with Gasteiger partial charge in [0, 0.05) is 0 Å². The van der Waals surface area contributed by atoms with Gasteiger partial charge in [0.2, 0.25) is 0 Å². The first-order chi connectivity index (χ1) is 11.9. The number of methoxy groups -OCH3 is 2. The molecule has 0 bridgehead atoms. The van der Waals surface area contributed by atoms with Crippen molar-refractivity contribution in [2.75, 3.05) is 14.2 Å². The van der Waals surface area contributed by atoms with Gasteiger partial charge < -0.3 is 24.4 Å². The fraction of sp³-hybridized carbons (Fsp3) is 0.353. The van der Waals surface area contributed by atoms with Crippen LogP contribution in [0, 0.1) is 13.8 Å². The number of hydrogen-bond donors (Lipinski definition) is 2. The van der Waals surface area contributed by atoms with Crippen LogP contribution in [-0.2, 0) is 4.79 Å². The summed E-state index contributed by atoms with van der Waals surface area (Å²) in [5.41, 5.74) is 1.33. The van der Waals surface area contributed by atoms with E-state index in [9.17, 15) is 14.7 Å². The molecule has 2 N–H and O–H groups in total. The third-order valence-electron chi connectivity index (χ3n) is 3.75. The zero-order valence-corrected chi connectivity index (χ0v) is 14.5. The lowest BCUT2D eigenvalue weighted by Gasteiger charge is -2.19. The molecule has 1 aromatic heterocycles. The minimum Gasteiger partial charge on any atom is -0.493 e. The third kappa shape index (κ3) is 4.09. The number of aryl methyl sites for hydroxylation is 2. The van der Waals surface area contributed by atoms with Gasteiger partial charge in [-0.05, 0) is 31.5 Å². The van der Waals surface area contributed by atoms with Crippen molar-refractivity contribution >= 4 is 11.9 Å². The molecule has 2 aromatic rings. The molecular formula is C17H20N2O6. The van der Waals surface area contributed by atoms with E-state index in [0.717, 1.165) is 0 Å². The SMILES string of the molecule is COc1ccc(C(CC(=O)O)NC(=O)c2c(C)noc2C)cc1OC. The Labute approximate surface area is 144 Å². The molecule has 0 saturated heterocycles. The molecule has 134 valence electrons. The molecule has 1 amide bonds. The summed E-state index contributed by atoms with van der Waals surface area (Å²) in [5, 5.41) is 15.6. The Kier molecular flexibility index (Phi) is 5.63. The molecule has 0 fully saturated rings. The molecule has 1 heterocycles. The molecule has 0 aliphatic carbocycles. The molecule has 8 nitrogen and oxygen atoms in total. The van der Waals surface area contributed by atoms with Crippen molar-refractivity contribution in [1.29, 1.82) is 0 Å². The lowest BCUT2D eigenvalue weighted by atomic mass is 10.0. The molecule has 2 rings (SSSR count). The van der Waals surface area contributed by atoms with Crippen LogP contribution in [0.25, 0.3) is 0 Å². The van der Waals surface area contributed by atoms with Crippen LogP contribution in [0.2, 0.25) is 0 Å². The molecule has 0 saturated carbocycles. The van der Waals surface area contributed by atoms with Gasteiger partial charge in [0.05, 0.1) is 32.4 Å². The predicted molar refractivity (Wildman–Crippen MR) is 88.0 cm³/mol. The van der Waals surface area contributed by atoms with Crippen molar-refractivity contribution in [2.45, 2.75) is 26.3 Å². The fourth-order valence-electron chi connectivity index (χ4n) is 2.53. The second-order valence-corrected chi connectivity index (χ2v) is 5.44. The van der Waals surface area contributed by atoms with Gasteiger partial charge >= 0.3 is 5.97 Å². The highest BCUT2D eigenvalue weighted by molar-refractivity contribution is 5.96. The van der Waals surface area contributed by atoms with Gasteiger partial charge in [-0.2, -0.15) is 0 Å². The van der Waals surface area contributed by atoms with Gasteiger partial charge in [0.25, 0.3) is 5.91 Å². The number of nitrogens with zero attached hydrogens (tertiary/aromatic N) is 1. The average molecular weight is 348 g/mol. The van der Waals surface area contributed by atoms with E-state index in [4.69, 9.17) is 14.0 Å². The highest BCUT2D eigenvalue weighted by Gasteiger charge is 2.24. The first-order valence-corrected chi connectivity index (χ1v) is 7.54. The summed E-state index contributed by atoms with van der Waals surface area (Å²) in [4.78, 5) is 23.8. The Morgan fingerprint density at radius 2 is 1.92 bits per heavy atom. The number of carbonyl (C=O) groups is 2. The maximum Gasteiger partial charge on any atom is 0.305 e. The van der Waals surface area contributed by atoms with Crippen molar-refractivity contribution in [3.8, 4) is 11.5 Å². The minimum atomic E-state index is -1.04. The van der Waals surface area contributed by atoms with Crippen molar-refractivity contribution in [3.63, 3.8) is 0 Å². The topological polar surface area (TPSA) is 111 Å². The monoisotopic (exact) mass is 348 g/mol. The highest BCUT2D eigenvalue weighted by atomic mass is 16.5. The Hall–Kier alpha value is -3.03. The van der Waals surface area contributed by atoms with Crippen molar-refractivity contribution in [2.24, 2.45) is 0 Å². The number of benzene rings is 1. The lowest BCUT2D eigenvalue weighted by molar-refractivity contribution is -0.137. The first kappa shape index (κ1) is 18.3. The van der Waals surface area contributed by atoms with E-state index in [1.807, 2.05) is 0 Å². The van der Waals surface area contributed by atoms with Crippen LogP contribution in [0.4, 0.5) is 0 Å². The molecule has 1 atom stereocenters. The van der Waals surface area contributed by atoms with Crippen LogP contribution in [0.3, 0.4) is 0 Å². The fourth-order valence-corrected chi connectivity index (χ4v) is 2.53. The summed E-state index contributed by atoms with van der Waals surface area (Å²) in [5.74, 6) is -0.160. The molecule has 0 spiro atoms. The highest BCUT2D eigenvalue weighted by Crippen LogP contribution is 2.31. The maximum atomic E-state index is 12.5. The lowest BCUT2D eigenvalue weighted by Crippen LogP contribution is -2.30. The quantitative estimate of drug-likeness (QED) is 0.789. The molecular weight excluding hydrogens is 328 g/mol. The van der Waals surface area contributed by atoms with Gasteiger partial charge in [0.15, 0.2) is 11.5 Å². The molecule has 25 heavy (non-hydrogen) atoms. The second-order valence-electron chi connectivity index (χ2n) is 5.44. The van der Waals surface area contributed by atoms with Gasteiger partial charge in [-0.3, -0.25) is 9.59 Å². The number of carbonyl (C=O) groups excluding carboxylic acids is 1. The normalized spacial score (nSPS) is 11.7.